The zero-order valence-corrected chi connectivity index (χ0v) is 7.58. The Morgan fingerprint density at radius 2 is 2.00 bits per heavy atom. The highest BCUT2D eigenvalue weighted by atomic mass is 31.0. The topological polar surface area (TPSA) is 29.3 Å². The van der Waals surface area contributed by atoms with Gasteiger partial charge in [-0.3, -0.25) is 4.67 Å². The first-order valence-corrected chi connectivity index (χ1v) is 4.54. The van der Waals surface area contributed by atoms with E-state index in [1.807, 2.05) is 0 Å². The molecule has 1 aliphatic heterocycles. The van der Waals surface area contributed by atoms with Crippen molar-refractivity contribution in [1.29, 1.82) is 0 Å². The number of hydrogen-bond acceptors (Lipinski definition) is 2. The van der Waals surface area contributed by atoms with Crippen molar-refractivity contribution in [2.45, 2.75) is 19.3 Å². The van der Waals surface area contributed by atoms with E-state index in [2.05, 4.69) is 14.1 Å². The second-order valence-electron chi connectivity index (χ2n) is 3.06. The summed E-state index contributed by atoms with van der Waals surface area (Å²) in [6.07, 6.45) is 3.89. The van der Waals surface area contributed by atoms with Gasteiger partial charge < -0.3 is 5.73 Å². The third-order valence-corrected chi connectivity index (χ3v) is 2.74. The SMILES string of the molecule is NCCC1CCN(P)CC1. The molecule has 0 aromatic carbocycles. The Kier molecular flexibility index (Phi) is 3.61. The van der Waals surface area contributed by atoms with Gasteiger partial charge in [0.2, 0.25) is 0 Å². The van der Waals surface area contributed by atoms with Gasteiger partial charge in [-0.15, -0.1) is 0 Å². The highest BCUT2D eigenvalue weighted by Gasteiger charge is 2.14. The quantitative estimate of drug-likeness (QED) is 0.606. The van der Waals surface area contributed by atoms with Gasteiger partial charge in [0.25, 0.3) is 0 Å². The predicted molar refractivity (Wildman–Crippen MR) is 47.7 cm³/mol. The van der Waals surface area contributed by atoms with E-state index >= 15 is 0 Å². The van der Waals surface area contributed by atoms with E-state index in [0.717, 1.165) is 12.5 Å². The van der Waals surface area contributed by atoms with Crippen LogP contribution in [0.1, 0.15) is 19.3 Å². The lowest BCUT2D eigenvalue weighted by molar-refractivity contribution is 0.281. The molecule has 1 rings (SSSR count). The third-order valence-electron chi connectivity index (χ3n) is 2.22. The van der Waals surface area contributed by atoms with E-state index in [1.54, 1.807) is 0 Å². The number of hydrogen-bond donors (Lipinski definition) is 1. The van der Waals surface area contributed by atoms with Crippen molar-refractivity contribution in [2.24, 2.45) is 11.7 Å². The molecule has 1 fully saturated rings. The summed E-state index contributed by atoms with van der Waals surface area (Å²) in [5.74, 6) is 0.904. The molecule has 1 unspecified atom stereocenters. The third kappa shape index (κ3) is 2.53. The van der Waals surface area contributed by atoms with Crippen LogP contribution in [0.5, 0.6) is 0 Å². The summed E-state index contributed by atoms with van der Waals surface area (Å²) in [6, 6.07) is 0. The number of nitrogens with zero attached hydrogens (tertiary/aromatic N) is 1. The monoisotopic (exact) mass is 160 g/mol. The molecule has 1 aliphatic rings. The van der Waals surface area contributed by atoms with Gasteiger partial charge in [0.05, 0.1) is 0 Å². The van der Waals surface area contributed by atoms with Gasteiger partial charge in [0.15, 0.2) is 0 Å². The average Bonchev–Trinajstić information content (AvgIpc) is 1.95. The molecular weight excluding hydrogens is 143 g/mol. The molecule has 0 spiro atoms. The molecular formula is C7H17N2P. The van der Waals surface area contributed by atoms with E-state index in [1.165, 1.54) is 32.4 Å². The molecule has 10 heavy (non-hydrogen) atoms. The van der Waals surface area contributed by atoms with Crippen LogP contribution in [0.25, 0.3) is 0 Å². The van der Waals surface area contributed by atoms with E-state index in [-0.39, 0.29) is 0 Å². The van der Waals surface area contributed by atoms with Crippen molar-refractivity contribution < 1.29 is 0 Å². The van der Waals surface area contributed by atoms with Gasteiger partial charge in [-0.05, 0) is 31.7 Å². The molecule has 0 aromatic heterocycles. The zero-order chi connectivity index (χ0) is 7.40. The first-order chi connectivity index (χ1) is 4.83. The Morgan fingerprint density at radius 3 is 2.50 bits per heavy atom. The highest BCUT2D eigenvalue weighted by molar-refractivity contribution is 7.13. The molecule has 0 bridgehead atoms. The molecule has 0 amide bonds. The normalized spacial score (nSPS) is 23.4. The van der Waals surface area contributed by atoms with Crippen LogP contribution in [0.4, 0.5) is 0 Å². The van der Waals surface area contributed by atoms with Crippen LogP contribution >= 0.6 is 9.39 Å². The average molecular weight is 160 g/mol. The zero-order valence-electron chi connectivity index (χ0n) is 6.42. The van der Waals surface area contributed by atoms with E-state index in [9.17, 15) is 0 Å². The molecule has 60 valence electrons. The van der Waals surface area contributed by atoms with Crippen molar-refractivity contribution in [3.63, 3.8) is 0 Å². The molecule has 1 saturated heterocycles. The summed E-state index contributed by atoms with van der Waals surface area (Å²) in [5, 5.41) is 0. The molecule has 2 N–H and O–H groups in total. The van der Waals surface area contributed by atoms with Crippen LogP contribution < -0.4 is 5.73 Å². The minimum Gasteiger partial charge on any atom is -0.330 e. The maximum absolute atomic E-state index is 5.48. The van der Waals surface area contributed by atoms with E-state index < -0.39 is 0 Å². The summed E-state index contributed by atoms with van der Waals surface area (Å²) < 4.78 is 2.31. The Bertz CT molecular complexity index is 89.6. The molecule has 0 aliphatic carbocycles. The molecule has 0 radical (unpaired) electrons. The fraction of sp³-hybridized carbons (Fsp3) is 1.00. The van der Waals surface area contributed by atoms with Crippen molar-refractivity contribution in [3.05, 3.63) is 0 Å². The lowest BCUT2D eigenvalue weighted by atomic mass is 9.95. The van der Waals surface area contributed by atoms with Crippen LogP contribution in [0.3, 0.4) is 0 Å². The Hall–Kier alpha value is 0.350. The maximum atomic E-state index is 5.48. The summed E-state index contributed by atoms with van der Waals surface area (Å²) in [5.41, 5.74) is 5.48. The Balaban J connectivity index is 2.13. The van der Waals surface area contributed by atoms with Crippen molar-refractivity contribution in [3.8, 4) is 0 Å². The van der Waals surface area contributed by atoms with Crippen LogP contribution in [-0.2, 0) is 0 Å². The largest absolute Gasteiger partial charge is 0.330 e. The predicted octanol–water partition coefficient (Wildman–Crippen LogP) is 0.837. The lowest BCUT2D eigenvalue weighted by Crippen LogP contribution is -2.27. The van der Waals surface area contributed by atoms with Crippen LogP contribution in [0, 0.1) is 5.92 Å². The molecule has 3 heteroatoms. The van der Waals surface area contributed by atoms with Crippen LogP contribution in [0.15, 0.2) is 0 Å². The lowest BCUT2D eigenvalue weighted by Gasteiger charge is -2.28. The van der Waals surface area contributed by atoms with Gasteiger partial charge in [-0.25, -0.2) is 0 Å². The number of rotatable bonds is 2. The van der Waals surface area contributed by atoms with Gasteiger partial charge in [-0.2, -0.15) is 0 Å². The van der Waals surface area contributed by atoms with Gasteiger partial charge in [0.1, 0.15) is 0 Å². The van der Waals surface area contributed by atoms with Crippen LogP contribution in [0.2, 0.25) is 0 Å². The first-order valence-electron chi connectivity index (χ1n) is 4.02. The minimum atomic E-state index is 0.863. The van der Waals surface area contributed by atoms with Gasteiger partial charge >= 0.3 is 0 Å². The van der Waals surface area contributed by atoms with Crippen molar-refractivity contribution in [2.75, 3.05) is 19.6 Å². The van der Waals surface area contributed by atoms with E-state index in [0.29, 0.717) is 0 Å². The van der Waals surface area contributed by atoms with Crippen LogP contribution in [-0.4, -0.2) is 24.3 Å². The molecule has 1 atom stereocenters. The fourth-order valence-electron chi connectivity index (χ4n) is 1.48. The second kappa shape index (κ2) is 4.27. The van der Waals surface area contributed by atoms with Gasteiger partial charge in [0, 0.05) is 13.1 Å². The summed E-state index contributed by atoms with van der Waals surface area (Å²) in [6.45, 7) is 3.33. The van der Waals surface area contributed by atoms with E-state index in [4.69, 9.17) is 5.73 Å². The summed E-state index contributed by atoms with van der Waals surface area (Å²) in [4.78, 5) is 0. The summed E-state index contributed by atoms with van der Waals surface area (Å²) >= 11 is 0. The molecule has 1 heterocycles. The maximum Gasteiger partial charge on any atom is 0.00188 e. The van der Waals surface area contributed by atoms with Gasteiger partial charge in [-0.1, -0.05) is 9.39 Å². The Morgan fingerprint density at radius 1 is 1.40 bits per heavy atom. The molecule has 0 saturated carbocycles. The Labute approximate surface area is 65.4 Å². The van der Waals surface area contributed by atoms with Crippen molar-refractivity contribution >= 4 is 9.39 Å². The highest BCUT2D eigenvalue weighted by Crippen LogP contribution is 2.21. The molecule has 0 aromatic rings. The minimum absolute atomic E-state index is 0.863. The molecule has 2 nitrogen and oxygen atoms in total. The standard InChI is InChI=1S/C7H17N2P/c8-4-1-7-2-5-9(10)6-3-7/h7H,1-6,8,10H2. The second-order valence-corrected chi connectivity index (χ2v) is 3.79. The fourth-order valence-corrected chi connectivity index (χ4v) is 1.78. The first kappa shape index (κ1) is 8.45. The number of piperidine rings is 1. The number of nitrogens with two attached hydrogens (primary N) is 1. The smallest absolute Gasteiger partial charge is 0.00188 e. The summed E-state index contributed by atoms with van der Waals surface area (Å²) in [7, 11) is 2.76. The van der Waals surface area contributed by atoms with Crippen molar-refractivity contribution in [1.82, 2.24) is 4.67 Å².